The topological polar surface area (TPSA) is 89.7 Å². The number of aromatic nitrogens is 3. The van der Waals surface area contributed by atoms with Crippen LogP contribution >= 0.6 is 0 Å². The smallest absolute Gasteiger partial charge is 0.265 e. The predicted molar refractivity (Wildman–Crippen MR) is 124 cm³/mol. The van der Waals surface area contributed by atoms with Crippen molar-refractivity contribution in [3.63, 3.8) is 0 Å². The molecule has 1 fully saturated rings. The maximum Gasteiger partial charge on any atom is 0.265 e. The highest BCUT2D eigenvalue weighted by molar-refractivity contribution is 6.12. The van der Waals surface area contributed by atoms with Crippen molar-refractivity contribution in [3.05, 3.63) is 41.2 Å². The van der Waals surface area contributed by atoms with E-state index in [1.165, 1.54) is 0 Å². The molecule has 8 nitrogen and oxygen atoms in total. The van der Waals surface area contributed by atoms with Crippen LogP contribution in [0.1, 0.15) is 57.4 Å². The van der Waals surface area contributed by atoms with Crippen molar-refractivity contribution in [2.24, 2.45) is 5.92 Å². The first-order valence-electron chi connectivity index (χ1n) is 11.7. The van der Waals surface area contributed by atoms with Crippen LogP contribution in [-0.4, -0.2) is 51.4 Å². The van der Waals surface area contributed by atoms with Crippen molar-refractivity contribution in [2.45, 2.75) is 70.7 Å². The number of ether oxygens (including phenoxy) is 2. The minimum Gasteiger partial charge on any atom is -0.497 e. The highest BCUT2D eigenvalue weighted by atomic mass is 16.5. The lowest BCUT2D eigenvalue weighted by molar-refractivity contribution is -0.146. The van der Waals surface area contributed by atoms with E-state index in [1.54, 1.807) is 11.8 Å². The van der Waals surface area contributed by atoms with E-state index in [0.717, 1.165) is 46.7 Å². The van der Waals surface area contributed by atoms with Gasteiger partial charge in [-0.1, -0.05) is 18.2 Å². The van der Waals surface area contributed by atoms with Crippen molar-refractivity contribution in [1.82, 2.24) is 15.0 Å². The van der Waals surface area contributed by atoms with Gasteiger partial charge in [-0.3, -0.25) is 14.4 Å². The highest BCUT2D eigenvalue weighted by Gasteiger charge is 2.63. The van der Waals surface area contributed by atoms with Crippen molar-refractivity contribution in [2.75, 3.05) is 18.6 Å². The zero-order chi connectivity index (χ0) is 23.5. The summed E-state index contributed by atoms with van der Waals surface area (Å²) in [7, 11) is 1.66. The molecule has 0 bridgehead atoms. The molecule has 0 unspecified atom stereocenters. The number of benzene rings is 1. The number of aliphatic hydroxyl groups is 1. The Balaban J connectivity index is 1.48. The number of amides is 1. The molecule has 1 aromatic heterocycles. The summed E-state index contributed by atoms with van der Waals surface area (Å²) in [5.74, 6) is 0.777. The first-order valence-corrected chi connectivity index (χ1v) is 11.7. The molecule has 5 rings (SSSR count). The number of anilines is 1. The number of rotatable bonds is 6. The minimum atomic E-state index is -1.01. The van der Waals surface area contributed by atoms with E-state index in [9.17, 15) is 4.79 Å². The number of aliphatic hydroxyl groups excluding tert-OH is 1. The second kappa shape index (κ2) is 7.67. The minimum absolute atomic E-state index is 0.0155. The van der Waals surface area contributed by atoms with Gasteiger partial charge in [0.1, 0.15) is 5.75 Å². The van der Waals surface area contributed by atoms with Gasteiger partial charge in [-0.25, -0.2) is 0 Å². The molecule has 3 aliphatic rings. The zero-order valence-corrected chi connectivity index (χ0v) is 20.0. The lowest BCUT2D eigenvalue weighted by atomic mass is 9.82. The molecular formula is C25H32N4O4. The first kappa shape index (κ1) is 22.1. The molecular weight excluding hydrogens is 420 g/mol. The summed E-state index contributed by atoms with van der Waals surface area (Å²) >= 11 is 0. The van der Waals surface area contributed by atoms with E-state index in [0.29, 0.717) is 13.0 Å². The summed E-state index contributed by atoms with van der Waals surface area (Å²) in [6.45, 7) is 9.07. The quantitative estimate of drug-likeness (QED) is 0.725. The third kappa shape index (κ3) is 3.22. The second-order valence-electron chi connectivity index (χ2n) is 10.0. The molecule has 176 valence electrons. The van der Waals surface area contributed by atoms with Gasteiger partial charge in [-0.15, -0.1) is 5.10 Å². The third-order valence-electron chi connectivity index (χ3n) is 7.33. The summed E-state index contributed by atoms with van der Waals surface area (Å²) < 4.78 is 14.1. The maximum absolute atomic E-state index is 14.1. The van der Waals surface area contributed by atoms with Crippen LogP contribution < -0.4 is 9.64 Å². The lowest BCUT2D eigenvalue weighted by Gasteiger charge is -2.39. The Morgan fingerprint density at radius 3 is 2.85 bits per heavy atom. The normalized spacial score (nSPS) is 27.3. The Hall–Kier alpha value is -2.71. The number of hydrogen-bond donors (Lipinski definition) is 1. The monoisotopic (exact) mass is 452 g/mol. The van der Waals surface area contributed by atoms with Crippen molar-refractivity contribution in [1.29, 1.82) is 0 Å². The lowest BCUT2D eigenvalue weighted by Crippen LogP contribution is -2.52. The van der Waals surface area contributed by atoms with E-state index in [-0.39, 0.29) is 24.5 Å². The Kier molecular flexibility index (Phi) is 5.14. The number of aryl methyl sites for hydroxylation is 1. The summed E-state index contributed by atoms with van der Waals surface area (Å²) in [6.07, 6.45) is 5.95. The number of methoxy groups -OCH3 is 1. The van der Waals surface area contributed by atoms with E-state index in [1.807, 2.05) is 23.2 Å². The van der Waals surface area contributed by atoms with Gasteiger partial charge >= 0.3 is 0 Å². The molecule has 2 aromatic rings. The predicted octanol–water partition coefficient (Wildman–Crippen LogP) is 3.07. The maximum atomic E-state index is 14.1. The average molecular weight is 453 g/mol. The SMILES string of the molecule is COc1cc2c3c(c1)[C@@]1(O[C@H](CCn4cc(CCO)nn4)C[C@@H]1C)C(=O)N3C(C)(C)C=C2C. The largest absolute Gasteiger partial charge is 0.497 e. The Labute approximate surface area is 194 Å². The van der Waals surface area contributed by atoms with Gasteiger partial charge in [0.25, 0.3) is 5.91 Å². The molecule has 1 saturated heterocycles. The van der Waals surface area contributed by atoms with Gasteiger partial charge in [0.05, 0.1) is 30.1 Å². The molecule has 0 radical (unpaired) electrons. The van der Waals surface area contributed by atoms with Gasteiger partial charge in [0.15, 0.2) is 5.60 Å². The highest BCUT2D eigenvalue weighted by Crippen LogP contribution is 2.59. The number of nitrogens with zero attached hydrogens (tertiary/aromatic N) is 4. The summed E-state index contributed by atoms with van der Waals surface area (Å²) in [5.41, 5.74) is 3.38. The van der Waals surface area contributed by atoms with E-state index in [2.05, 4.69) is 44.1 Å². The summed E-state index contributed by atoms with van der Waals surface area (Å²) in [4.78, 5) is 16.0. The first-order chi connectivity index (χ1) is 15.7. The van der Waals surface area contributed by atoms with Gasteiger partial charge in [0.2, 0.25) is 0 Å². The number of fused-ring (bicyclic) bond motifs is 1. The number of carbonyl (C=O) groups is 1. The van der Waals surface area contributed by atoms with Crippen LogP contribution in [0.3, 0.4) is 0 Å². The van der Waals surface area contributed by atoms with Crippen LogP contribution in [0.15, 0.2) is 24.4 Å². The molecule has 1 aromatic carbocycles. The fraction of sp³-hybridized carbons (Fsp3) is 0.560. The number of allylic oxidation sites excluding steroid dienone is 1. The van der Waals surface area contributed by atoms with Gasteiger partial charge < -0.3 is 14.6 Å². The fourth-order valence-electron chi connectivity index (χ4n) is 5.86. The van der Waals surface area contributed by atoms with Crippen LogP contribution in [0.2, 0.25) is 0 Å². The Morgan fingerprint density at radius 1 is 1.33 bits per heavy atom. The molecule has 1 N–H and O–H groups in total. The van der Waals surface area contributed by atoms with Crippen LogP contribution in [-0.2, 0) is 28.1 Å². The molecule has 3 aliphatic heterocycles. The molecule has 4 heterocycles. The van der Waals surface area contributed by atoms with Crippen LogP contribution in [0.25, 0.3) is 5.57 Å². The summed E-state index contributed by atoms with van der Waals surface area (Å²) in [6, 6.07) is 4.01. The van der Waals surface area contributed by atoms with Crippen molar-refractivity contribution < 1.29 is 19.4 Å². The second-order valence-corrected chi connectivity index (χ2v) is 10.0. The molecule has 8 heteroatoms. The Bertz CT molecular complexity index is 1140. The van der Waals surface area contributed by atoms with Gasteiger partial charge in [0, 0.05) is 42.8 Å². The molecule has 33 heavy (non-hydrogen) atoms. The summed E-state index contributed by atoms with van der Waals surface area (Å²) in [5, 5.41) is 17.3. The molecule has 0 saturated carbocycles. The molecule has 1 amide bonds. The number of hydrogen-bond acceptors (Lipinski definition) is 6. The van der Waals surface area contributed by atoms with Crippen LogP contribution in [0.4, 0.5) is 5.69 Å². The van der Waals surface area contributed by atoms with Crippen LogP contribution in [0.5, 0.6) is 5.75 Å². The molecule has 3 atom stereocenters. The Morgan fingerprint density at radius 2 is 2.12 bits per heavy atom. The fourth-order valence-corrected chi connectivity index (χ4v) is 5.86. The average Bonchev–Trinajstić information content (AvgIpc) is 3.42. The van der Waals surface area contributed by atoms with Crippen LogP contribution in [0, 0.1) is 5.92 Å². The number of carbonyl (C=O) groups excluding carboxylic acids is 1. The molecule has 0 aliphatic carbocycles. The van der Waals surface area contributed by atoms with E-state index < -0.39 is 11.1 Å². The van der Waals surface area contributed by atoms with Crippen molar-refractivity contribution >= 4 is 17.2 Å². The third-order valence-corrected chi connectivity index (χ3v) is 7.33. The van der Waals surface area contributed by atoms with Crippen molar-refractivity contribution in [3.8, 4) is 5.75 Å². The molecule has 1 spiro atoms. The van der Waals surface area contributed by atoms with E-state index >= 15 is 0 Å². The van der Waals surface area contributed by atoms with Gasteiger partial charge in [-0.05, 0) is 51.3 Å². The van der Waals surface area contributed by atoms with Gasteiger partial charge in [-0.2, -0.15) is 0 Å². The standard InChI is InChI=1S/C25H32N4O4/c1-15-13-24(3,4)29-22-20(15)11-19(32-5)12-21(22)25(23(29)31)16(2)10-18(33-25)6-8-28-14-17(7-9-30)26-27-28/h11-14,16,18,30H,6-10H2,1-5H3/t16-,18+,25+/m0/s1. The van der Waals surface area contributed by atoms with E-state index in [4.69, 9.17) is 14.6 Å². The zero-order valence-electron chi connectivity index (χ0n) is 20.0.